The van der Waals surface area contributed by atoms with Crippen molar-refractivity contribution in [1.29, 1.82) is 0 Å². The van der Waals surface area contributed by atoms with Gasteiger partial charge < -0.3 is 29.8 Å². The van der Waals surface area contributed by atoms with Gasteiger partial charge in [0.15, 0.2) is 35.1 Å². The second kappa shape index (κ2) is 11.3. The molecule has 9 atom stereocenters. The van der Waals surface area contributed by atoms with Crippen LogP contribution in [0.5, 0.6) is 0 Å². The fourth-order valence-corrected chi connectivity index (χ4v) is 7.66. The number of nitrogens with one attached hydrogen (secondary N) is 1. The van der Waals surface area contributed by atoms with Crippen LogP contribution < -0.4 is 11.3 Å². The minimum Gasteiger partial charge on any atom is -0.382 e. The Balaban J connectivity index is 1.08. The van der Waals surface area contributed by atoms with Crippen molar-refractivity contribution < 1.29 is 46.2 Å². The highest BCUT2D eigenvalue weighted by atomic mass is 32.7. The van der Waals surface area contributed by atoms with Gasteiger partial charge in [0.2, 0.25) is 0 Å². The lowest BCUT2D eigenvalue weighted by molar-refractivity contribution is -0.182. The van der Waals surface area contributed by atoms with Gasteiger partial charge in [-0.2, -0.15) is 0 Å². The summed E-state index contributed by atoms with van der Waals surface area (Å²) in [7, 11) is 0. The van der Waals surface area contributed by atoms with Crippen LogP contribution in [0.1, 0.15) is 18.9 Å². The summed E-state index contributed by atoms with van der Waals surface area (Å²) in [4.78, 5) is 44.4. The third-order valence-corrected chi connectivity index (χ3v) is 9.96. The highest BCUT2D eigenvalue weighted by Gasteiger charge is 2.65. The van der Waals surface area contributed by atoms with E-state index in [2.05, 4.69) is 54.4 Å². The number of hydrogen-bond donors (Lipinski definition) is 5. The maximum atomic E-state index is 15.1. The van der Waals surface area contributed by atoms with Crippen LogP contribution in [-0.2, 0) is 36.9 Å². The number of imidazole rings is 2. The first-order valence-electron chi connectivity index (χ1n) is 13.1. The minimum atomic E-state index is -4.29. The van der Waals surface area contributed by atoms with E-state index in [1.165, 1.54) is 34.4 Å². The molecule has 7 rings (SSSR count). The van der Waals surface area contributed by atoms with E-state index in [1.54, 1.807) is 0 Å². The van der Waals surface area contributed by atoms with Crippen molar-refractivity contribution in [2.24, 2.45) is 0 Å². The van der Waals surface area contributed by atoms with Gasteiger partial charge in [0.1, 0.15) is 35.8 Å². The minimum absolute atomic E-state index is 0.0168. The summed E-state index contributed by atoms with van der Waals surface area (Å²) in [5.41, 5.74) is 4.58. The summed E-state index contributed by atoms with van der Waals surface area (Å²) < 4.78 is 77.6. The van der Waals surface area contributed by atoms with Crippen molar-refractivity contribution in [3.05, 3.63) is 35.7 Å². The highest BCUT2D eigenvalue weighted by molar-refractivity contribution is 8.44. The van der Waals surface area contributed by atoms with Crippen molar-refractivity contribution in [3.63, 3.8) is 0 Å². The van der Waals surface area contributed by atoms with E-state index in [0.29, 0.717) is 5.65 Å². The molecule has 0 aromatic carbocycles. The lowest BCUT2D eigenvalue weighted by Crippen LogP contribution is -2.45. The topological polar surface area (TPSA) is 243 Å². The van der Waals surface area contributed by atoms with E-state index in [1.807, 2.05) is 0 Å². The number of nitrogens with zero attached hydrogens (tertiary/aromatic N) is 7. The molecule has 4 aromatic heterocycles. The van der Waals surface area contributed by atoms with E-state index < -0.39 is 74.9 Å². The van der Waals surface area contributed by atoms with Crippen LogP contribution >= 0.6 is 38.1 Å². The van der Waals surface area contributed by atoms with Gasteiger partial charge in [-0.1, -0.05) is 24.5 Å². The van der Waals surface area contributed by atoms with Gasteiger partial charge in [-0.3, -0.25) is 27.5 Å². The first-order valence-corrected chi connectivity index (χ1v) is 18.5. The molecule has 7 heterocycles. The SMILES string of the molecule is Nc1ncnc2c1ncn2[C@@H]1O[C@]2(COP(=O)(O)S)CO[C@@H]1[C@@H]2OP(=O)(S)OC[C@@H]1C[C@@H](F)[C@H](n2cnc3c(=O)[nH]cnc32)O1. The Labute approximate surface area is 261 Å². The third-order valence-electron chi connectivity index (χ3n) is 7.55. The Hall–Kier alpha value is -2.49. The molecule has 24 heteroatoms. The number of fused-ring (bicyclic) bond motifs is 4. The van der Waals surface area contributed by atoms with Gasteiger partial charge in [0, 0.05) is 6.42 Å². The molecule has 4 aromatic rings. The Kier molecular flexibility index (Phi) is 7.84. The molecule has 4 N–H and O–H groups in total. The van der Waals surface area contributed by atoms with Crippen molar-refractivity contribution in [1.82, 2.24) is 39.0 Å². The number of alkyl halides is 1. The van der Waals surface area contributed by atoms with Crippen LogP contribution in [0.25, 0.3) is 22.3 Å². The zero-order valence-corrected chi connectivity index (χ0v) is 26.2. The van der Waals surface area contributed by atoms with Gasteiger partial charge in [0.25, 0.3) is 5.56 Å². The average Bonchev–Trinajstić information content (AvgIpc) is 3.79. The summed E-state index contributed by atoms with van der Waals surface area (Å²) in [5.74, 6) is 0.122. The van der Waals surface area contributed by atoms with Crippen LogP contribution in [0.15, 0.2) is 30.1 Å². The quantitative estimate of drug-likeness (QED) is 0.115. The first kappa shape index (κ1) is 31.1. The molecule has 0 saturated carbocycles. The summed E-state index contributed by atoms with van der Waals surface area (Å²) in [5, 5.41) is 0. The number of nitrogens with two attached hydrogens (primary N) is 1. The van der Waals surface area contributed by atoms with Crippen LogP contribution in [0.3, 0.4) is 0 Å². The number of halogens is 1. The van der Waals surface area contributed by atoms with Gasteiger partial charge in [-0.15, -0.1) is 0 Å². The highest BCUT2D eigenvalue weighted by Crippen LogP contribution is 2.61. The number of rotatable bonds is 10. The monoisotopic (exact) mass is 707 g/mol. The van der Waals surface area contributed by atoms with Crippen molar-refractivity contribution in [2.75, 3.05) is 25.6 Å². The van der Waals surface area contributed by atoms with Crippen molar-refractivity contribution in [2.45, 2.75) is 49.0 Å². The van der Waals surface area contributed by atoms with Gasteiger partial charge >= 0.3 is 13.6 Å². The van der Waals surface area contributed by atoms with Crippen molar-refractivity contribution >= 4 is 66.2 Å². The lowest BCUT2D eigenvalue weighted by Gasteiger charge is -2.31. The fourth-order valence-electron chi connectivity index (χ4n) is 5.58. The molecule has 3 aliphatic heterocycles. The third kappa shape index (κ3) is 5.71. The number of aromatic amines is 1. The summed E-state index contributed by atoms with van der Waals surface area (Å²) in [6.45, 7) is -9.68. The molecular formula is C21H24FN9O10P2S2. The van der Waals surface area contributed by atoms with Crippen LogP contribution in [0.2, 0.25) is 0 Å². The number of thiol groups is 2. The first-order chi connectivity index (χ1) is 21.3. The number of aromatic nitrogens is 8. The molecule has 0 radical (unpaired) electrons. The summed E-state index contributed by atoms with van der Waals surface area (Å²) in [6.07, 6.45) is -1.90. The Bertz CT molecular complexity index is 1930. The van der Waals surface area contributed by atoms with Crippen LogP contribution in [0, 0.1) is 0 Å². The molecule has 0 aliphatic carbocycles. The molecule has 2 unspecified atom stereocenters. The Morgan fingerprint density at radius 1 is 1.11 bits per heavy atom. The number of hydrogen-bond acceptors (Lipinski definition) is 15. The smallest absolute Gasteiger partial charge is 0.382 e. The molecule has 3 aliphatic rings. The van der Waals surface area contributed by atoms with Crippen LogP contribution in [0.4, 0.5) is 10.2 Å². The predicted molar refractivity (Wildman–Crippen MR) is 156 cm³/mol. The number of H-pyrrole nitrogens is 1. The summed E-state index contributed by atoms with van der Waals surface area (Å²) in [6, 6.07) is 0. The van der Waals surface area contributed by atoms with E-state index in [4.69, 9.17) is 33.5 Å². The maximum absolute atomic E-state index is 15.1. The zero-order valence-electron chi connectivity index (χ0n) is 22.6. The second-order valence-electron chi connectivity index (χ2n) is 10.4. The molecule has 2 bridgehead atoms. The molecule has 45 heavy (non-hydrogen) atoms. The largest absolute Gasteiger partial charge is 0.386 e. The molecule has 3 saturated heterocycles. The molecule has 0 amide bonds. The van der Waals surface area contributed by atoms with E-state index in [-0.39, 0.29) is 35.5 Å². The second-order valence-corrected chi connectivity index (χ2v) is 16.1. The van der Waals surface area contributed by atoms with Crippen molar-refractivity contribution in [3.8, 4) is 0 Å². The molecule has 3 fully saturated rings. The van der Waals surface area contributed by atoms with Crippen LogP contribution in [-0.4, -0.2) is 93.8 Å². The standard InChI is InChI=1S/C21H24FN9O10P2S2/c22-10-1-9(39-19(10)30-8-29-12-17(30)26-6-27-18(12)32)2-37-43(35,45)41-14-13-20(31-7-28-11-15(23)24-5-25-16(11)31)40-21(14,3-36-13)4-38-42(33,34)44/h5-10,13-14,19-20H,1-4H2,(H,35,45)(H2,23,24,25)(H,26,27,32)(H2,33,34,44)/t9-,10+,13+,14-,19+,20+,21-,43?/m0/s1. The maximum Gasteiger partial charge on any atom is 0.386 e. The Morgan fingerprint density at radius 2 is 1.84 bits per heavy atom. The molecule has 242 valence electrons. The number of nitrogen functional groups attached to an aromatic ring is 1. The molecule has 19 nitrogen and oxygen atoms in total. The number of anilines is 1. The fraction of sp³-hybridized carbons (Fsp3) is 0.524. The van der Waals surface area contributed by atoms with Gasteiger partial charge in [0.05, 0.1) is 44.9 Å². The predicted octanol–water partition coefficient (Wildman–Crippen LogP) is 1.32. The van der Waals surface area contributed by atoms with Gasteiger partial charge in [-0.25, -0.2) is 38.4 Å². The van der Waals surface area contributed by atoms with Gasteiger partial charge in [-0.05, 0) is 0 Å². The molecular weight excluding hydrogens is 683 g/mol. The lowest BCUT2D eigenvalue weighted by atomic mass is 10.0. The normalized spacial score (nSPS) is 32.4. The molecule has 0 spiro atoms. The zero-order chi connectivity index (χ0) is 31.7. The van der Waals surface area contributed by atoms with E-state index in [9.17, 15) is 18.8 Å². The number of ether oxygens (including phenoxy) is 3. The average molecular weight is 708 g/mol. The Morgan fingerprint density at radius 3 is 2.62 bits per heavy atom. The van der Waals surface area contributed by atoms with E-state index >= 15 is 4.39 Å². The van der Waals surface area contributed by atoms with E-state index in [0.717, 1.165) is 0 Å². The summed E-state index contributed by atoms with van der Waals surface area (Å²) >= 11 is 7.68.